The number of hydrogen-bond donors (Lipinski definition) is 1. The third-order valence-corrected chi connectivity index (χ3v) is 3.18. The zero-order valence-corrected chi connectivity index (χ0v) is 13.1. The second-order valence-corrected chi connectivity index (χ2v) is 4.91. The molecule has 0 aromatic carbocycles. The summed E-state index contributed by atoms with van der Waals surface area (Å²) < 4.78 is 42.8. The molecule has 17 heavy (non-hydrogen) atoms. The molecule has 0 aromatic heterocycles. The first-order chi connectivity index (χ1) is 7.26. The normalized spacial score (nSPS) is 38.5. The molecule has 1 aliphatic rings. The maximum Gasteiger partial charge on any atom is 1.00 e. The minimum Gasteiger partial charge on any atom is -0.390 e. The van der Waals surface area contributed by atoms with Gasteiger partial charge in [-0.3, -0.25) is 0 Å². The molecule has 0 aliphatic carbocycles. The summed E-state index contributed by atoms with van der Waals surface area (Å²) in [5.41, 5.74) is 0. The Morgan fingerprint density at radius 2 is 1.88 bits per heavy atom. The molecule has 96 valence electrons. The smallest absolute Gasteiger partial charge is 0.390 e. The number of hydrogen-bond acceptors (Lipinski definition) is 6. The fourth-order valence-corrected chi connectivity index (χ4v) is 2.09. The Morgan fingerprint density at radius 1 is 1.35 bits per heavy atom. The van der Waals surface area contributed by atoms with Crippen LogP contribution in [0.25, 0.3) is 0 Å². The van der Waals surface area contributed by atoms with Crippen LogP contribution < -0.4 is 29.6 Å². The van der Waals surface area contributed by atoms with Crippen LogP contribution in [-0.4, -0.2) is 49.8 Å². The topological polar surface area (TPSA) is 105 Å². The average Bonchev–Trinajstić information content (AvgIpc) is 2.17. The zero-order chi connectivity index (χ0) is 12.5. The van der Waals surface area contributed by atoms with Gasteiger partial charge in [-0.15, -0.1) is 8.42 Å². The summed E-state index contributed by atoms with van der Waals surface area (Å²) >= 11 is 0. The first-order valence-electron chi connectivity index (χ1n) is 4.80. The fourth-order valence-electron chi connectivity index (χ4n) is 1.59. The van der Waals surface area contributed by atoms with Gasteiger partial charge in [-0.05, 0) is 6.92 Å². The van der Waals surface area contributed by atoms with Gasteiger partial charge in [0.2, 0.25) is 0 Å². The van der Waals surface area contributed by atoms with Crippen molar-refractivity contribution in [3.8, 4) is 0 Å². The molecule has 1 rings (SSSR count). The first kappa shape index (κ1) is 17.8. The Balaban J connectivity index is 0.00000256. The molecule has 7 nitrogen and oxygen atoms in total. The summed E-state index contributed by atoms with van der Waals surface area (Å²) in [4.78, 5) is 0. The van der Waals surface area contributed by atoms with Gasteiger partial charge in [0.1, 0.15) is 0 Å². The van der Waals surface area contributed by atoms with Crippen LogP contribution in [0.1, 0.15) is 13.8 Å². The van der Waals surface area contributed by atoms with Crippen molar-refractivity contribution in [2.45, 2.75) is 38.4 Å². The summed E-state index contributed by atoms with van der Waals surface area (Å²) in [6, 6.07) is 0. The Hall–Kier alpha value is 0.750. The molecule has 0 aromatic rings. The number of ether oxygens (including phenoxy) is 2. The second kappa shape index (κ2) is 6.78. The molecule has 5 unspecified atom stereocenters. The molecule has 0 amide bonds. The largest absolute Gasteiger partial charge is 1.00 e. The van der Waals surface area contributed by atoms with Crippen LogP contribution in [0.4, 0.5) is 0 Å². The molecule has 1 aliphatic heterocycles. The van der Waals surface area contributed by atoms with E-state index in [1.54, 1.807) is 13.8 Å². The molecule has 1 saturated heterocycles. The first-order valence-corrected chi connectivity index (χ1v) is 6.21. The molecule has 0 saturated carbocycles. The molecule has 3 N–H and O–H groups in total. The van der Waals surface area contributed by atoms with Gasteiger partial charge in [0, 0.05) is 13.0 Å². The van der Waals surface area contributed by atoms with Gasteiger partial charge < -0.3 is 19.1 Å². The van der Waals surface area contributed by atoms with Crippen molar-refractivity contribution in [3.05, 3.63) is 0 Å². The third-order valence-electron chi connectivity index (χ3n) is 2.70. The van der Waals surface area contributed by atoms with Crippen LogP contribution in [0.5, 0.6) is 0 Å². The summed E-state index contributed by atoms with van der Waals surface area (Å²) in [6.07, 6.45) is -3.55. The van der Waals surface area contributed by atoms with Crippen LogP contribution in [0.2, 0.25) is 0 Å². The Labute approximate surface area is 123 Å². The molecule has 1 fully saturated rings. The predicted molar refractivity (Wildman–Crippen MR) is 53.9 cm³/mol. The van der Waals surface area contributed by atoms with Crippen molar-refractivity contribution in [1.82, 2.24) is 0 Å². The van der Waals surface area contributed by atoms with E-state index in [1.165, 1.54) is 7.11 Å². The molecule has 0 spiro atoms. The van der Waals surface area contributed by atoms with Crippen molar-refractivity contribution in [3.63, 3.8) is 0 Å². The van der Waals surface area contributed by atoms with Crippen molar-refractivity contribution in [2.24, 2.45) is 5.92 Å². The van der Waals surface area contributed by atoms with Gasteiger partial charge in [0.05, 0.1) is 12.2 Å². The van der Waals surface area contributed by atoms with E-state index in [0.717, 1.165) is 0 Å². The number of methoxy groups -OCH3 is 1. The molecule has 0 radical (unpaired) electrons. The monoisotopic (exact) mass is 280 g/mol. The third kappa shape index (κ3) is 4.73. The Morgan fingerprint density at radius 3 is 2.29 bits per heavy atom. The van der Waals surface area contributed by atoms with E-state index in [4.69, 9.17) is 14.0 Å². The van der Waals surface area contributed by atoms with Crippen molar-refractivity contribution in [2.75, 3.05) is 7.11 Å². The van der Waals surface area contributed by atoms with E-state index in [-0.39, 0.29) is 41.6 Å². The number of aliphatic hydroxyl groups is 1. The number of rotatable bonds is 3. The van der Waals surface area contributed by atoms with Crippen molar-refractivity contribution >= 4 is 10.4 Å². The van der Waals surface area contributed by atoms with Crippen LogP contribution in [0.15, 0.2) is 0 Å². The molecule has 5 atom stereocenters. The minimum absolute atomic E-state index is 0. The SMILES string of the molecule is COC1OC(C)C(C)C(O)C1OS(=O)(=O)[OH2+].[Na+]. The summed E-state index contributed by atoms with van der Waals surface area (Å²) in [6.45, 7) is 3.44. The summed E-state index contributed by atoms with van der Waals surface area (Å²) in [5.74, 6) is -0.307. The molecule has 1 heterocycles. The maximum atomic E-state index is 10.7. The van der Waals surface area contributed by atoms with Crippen molar-refractivity contribution in [1.29, 1.82) is 0 Å². The Bertz CT molecular complexity index is 331. The van der Waals surface area contributed by atoms with Gasteiger partial charge in [-0.2, -0.15) is 4.18 Å². The predicted octanol–water partition coefficient (Wildman–Crippen LogP) is -4.27. The van der Waals surface area contributed by atoms with E-state index < -0.39 is 28.9 Å². The quantitative estimate of drug-likeness (QED) is 0.414. The minimum atomic E-state index is -4.41. The van der Waals surface area contributed by atoms with Gasteiger partial charge in [-0.25, -0.2) is 0 Å². The van der Waals surface area contributed by atoms with E-state index in [0.29, 0.717) is 0 Å². The maximum absolute atomic E-state index is 10.7. The second-order valence-electron chi connectivity index (χ2n) is 3.81. The van der Waals surface area contributed by atoms with Gasteiger partial charge in [0.15, 0.2) is 12.4 Å². The van der Waals surface area contributed by atoms with E-state index in [1.807, 2.05) is 0 Å². The van der Waals surface area contributed by atoms with Crippen LogP contribution in [0, 0.1) is 5.92 Å². The van der Waals surface area contributed by atoms with Gasteiger partial charge in [-0.1, -0.05) is 6.92 Å². The standard InChI is InChI=1S/C8H16O7S.Na/c1-4-5(2)14-8(13-3)7(6(4)9)15-16(10,11)12;/h4-9H,1-3H3,(H,10,11,12);/q;+1/p+1. The zero-order valence-electron chi connectivity index (χ0n) is 10.3. The molecule has 9 heteroatoms. The van der Waals surface area contributed by atoms with E-state index >= 15 is 0 Å². The molecular formula is C8H17NaO7S+2. The summed E-state index contributed by atoms with van der Waals surface area (Å²) in [5, 5.41) is 9.84. The van der Waals surface area contributed by atoms with E-state index in [2.05, 4.69) is 4.18 Å². The van der Waals surface area contributed by atoms with Gasteiger partial charge >= 0.3 is 40.0 Å². The summed E-state index contributed by atoms with van der Waals surface area (Å²) in [7, 11) is -3.10. The Kier molecular flexibility index (Phi) is 7.08. The average molecular weight is 280 g/mol. The molecular weight excluding hydrogens is 263 g/mol. The van der Waals surface area contributed by atoms with Gasteiger partial charge in [0.25, 0.3) is 0 Å². The van der Waals surface area contributed by atoms with Crippen LogP contribution >= 0.6 is 0 Å². The van der Waals surface area contributed by atoms with Crippen LogP contribution in [-0.2, 0) is 24.1 Å². The van der Waals surface area contributed by atoms with Crippen molar-refractivity contribution < 1.29 is 61.3 Å². The number of aliphatic hydroxyl groups excluding tert-OH is 1. The fraction of sp³-hybridized carbons (Fsp3) is 1.00. The molecule has 0 bridgehead atoms. The van der Waals surface area contributed by atoms with E-state index in [9.17, 15) is 13.5 Å². The van der Waals surface area contributed by atoms with Crippen LogP contribution in [0.3, 0.4) is 0 Å².